The number of halogens is 3. The van der Waals surface area contributed by atoms with E-state index in [0.717, 1.165) is 5.56 Å². The van der Waals surface area contributed by atoms with E-state index in [2.05, 4.69) is 14.7 Å². The van der Waals surface area contributed by atoms with Crippen LogP contribution in [0.25, 0.3) is 11.4 Å². The highest BCUT2D eigenvalue weighted by Crippen LogP contribution is 2.36. The molecule has 4 rings (SSSR count). The first-order valence-electron chi connectivity index (χ1n) is 10.3. The van der Waals surface area contributed by atoms with Gasteiger partial charge in [-0.15, -0.1) is 0 Å². The summed E-state index contributed by atoms with van der Waals surface area (Å²) in [5.74, 6) is -1.14. The summed E-state index contributed by atoms with van der Waals surface area (Å²) in [5, 5.41) is 3.43. The zero-order valence-electron chi connectivity index (χ0n) is 17.8. The molecule has 1 fully saturated rings. The zero-order valence-corrected chi connectivity index (χ0v) is 17.8. The van der Waals surface area contributed by atoms with Crippen LogP contribution in [0.3, 0.4) is 0 Å². The molecule has 2 aliphatic rings. The fraction of sp³-hybridized carbons (Fsp3) is 0.571. The van der Waals surface area contributed by atoms with Crippen molar-refractivity contribution in [1.82, 2.24) is 15.0 Å². The van der Waals surface area contributed by atoms with Gasteiger partial charge in [0.05, 0.1) is 18.1 Å². The fourth-order valence-corrected chi connectivity index (χ4v) is 3.95. The van der Waals surface area contributed by atoms with Gasteiger partial charge in [-0.2, -0.15) is 18.2 Å². The lowest BCUT2D eigenvalue weighted by Crippen LogP contribution is -2.51. The number of rotatable bonds is 4. The molecule has 1 amide bonds. The summed E-state index contributed by atoms with van der Waals surface area (Å²) in [7, 11) is 1.56. The molecule has 3 heterocycles. The van der Waals surface area contributed by atoms with Crippen LogP contribution in [0.15, 0.2) is 22.7 Å². The fourth-order valence-electron chi connectivity index (χ4n) is 3.95. The van der Waals surface area contributed by atoms with Crippen LogP contribution < -0.4 is 4.74 Å². The predicted octanol–water partition coefficient (Wildman–Crippen LogP) is 3.31. The smallest absolute Gasteiger partial charge is 0.471 e. The molecule has 2 aliphatic heterocycles. The molecule has 0 unspecified atom stereocenters. The summed E-state index contributed by atoms with van der Waals surface area (Å²) in [5.41, 5.74) is 0.520. The molecular formula is C21H24F3N3O5. The average Bonchev–Trinajstić information content (AvgIpc) is 3.20. The summed E-state index contributed by atoms with van der Waals surface area (Å²) in [6, 6.07) is 4.54. The first kappa shape index (κ1) is 22.5. The Kier molecular flexibility index (Phi) is 6.13. The number of aromatic nitrogens is 2. The quantitative estimate of drug-likeness (QED) is 0.699. The van der Waals surface area contributed by atoms with E-state index in [0.29, 0.717) is 50.5 Å². The molecule has 2 aromatic rings. The van der Waals surface area contributed by atoms with Gasteiger partial charge in [0.2, 0.25) is 11.7 Å². The van der Waals surface area contributed by atoms with Gasteiger partial charge in [-0.25, -0.2) is 0 Å². The molecule has 0 saturated carbocycles. The number of benzene rings is 1. The Morgan fingerprint density at radius 1 is 1.31 bits per heavy atom. The Hall–Kier alpha value is -2.66. The zero-order chi connectivity index (χ0) is 22.9. The van der Waals surface area contributed by atoms with Gasteiger partial charge in [0.25, 0.3) is 0 Å². The number of hydrogen-bond donors (Lipinski definition) is 0. The minimum absolute atomic E-state index is 0.0105. The van der Waals surface area contributed by atoms with Gasteiger partial charge in [-0.3, -0.25) is 4.79 Å². The van der Waals surface area contributed by atoms with E-state index in [1.54, 1.807) is 30.2 Å². The Balaban J connectivity index is 1.62. The molecule has 1 aromatic heterocycles. The predicted molar refractivity (Wildman–Crippen MR) is 105 cm³/mol. The molecule has 8 nitrogen and oxygen atoms in total. The van der Waals surface area contributed by atoms with Gasteiger partial charge in [0.1, 0.15) is 12.4 Å². The maximum atomic E-state index is 13.5. The van der Waals surface area contributed by atoms with Crippen LogP contribution in [-0.2, 0) is 27.0 Å². The second kappa shape index (κ2) is 8.70. The SMILES string of the molecule is COC[C@H]1COc2cc(-c3noc(C(F)(F)F)n3)ccc2CN1C(=O)C1(C)CCOCC1. The van der Waals surface area contributed by atoms with E-state index in [1.165, 1.54) is 0 Å². The number of amides is 1. The molecule has 0 radical (unpaired) electrons. The molecule has 11 heteroatoms. The van der Waals surface area contributed by atoms with Crippen molar-refractivity contribution in [1.29, 1.82) is 0 Å². The third-order valence-electron chi connectivity index (χ3n) is 5.94. The Morgan fingerprint density at radius 2 is 2.06 bits per heavy atom. The number of carbonyl (C=O) groups is 1. The summed E-state index contributed by atoms with van der Waals surface area (Å²) < 4.78 is 59.4. The maximum Gasteiger partial charge on any atom is 0.471 e. The van der Waals surface area contributed by atoms with Crippen LogP contribution in [0.2, 0.25) is 0 Å². The summed E-state index contributed by atoms with van der Waals surface area (Å²) >= 11 is 0. The van der Waals surface area contributed by atoms with Gasteiger partial charge in [0.15, 0.2) is 0 Å². The molecule has 0 N–H and O–H groups in total. The monoisotopic (exact) mass is 455 g/mol. The first-order valence-corrected chi connectivity index (χ1v) is 10.3. The van der Waals surface area contributed by atoms with Crippen LogP contribution in [0, 0.1) is 5.41 Å². The van der Waals surface area contributed by atoms with E-state index < -0.39 is 17.5 Å². The Labute approximate surface area is 182 Å². The second-order valence-electron chi connectivity index (χ2n) is 8.27. The van der Waals surface area contributed by atoms with E-state index in [4.69, 9.17) is 14.2 Å². The van der Waals surface area contributed by atoms with Gasteiger partial charge in [0, 0.05) is 38.0 Å². The van der Waals surface area contributed by atoms with Crippen molar-refractivity contribution in [2.24, 2.45) is 5.41 Å². The van der Waals surface area contributed by atoms with Gasteiger partial charge in [-0.1, -0.05) is 24.2 Å². The van der Waals surface area contributed by atoms with Crippen LogP contribution in [-0.4, -0.2) is 60.5 Å². The van der Waals surface area contributed by atoms with E-state index >= 15 is 0 Å². The van der Waals surface area contributed by atoms with Crippen molar-refractivity contribution in [3.8, 4) is 17.1 Å². The normalized spacial score (nSPS) is 20.9. The summed E-state index contributed by atoms with van der Waals surface area (Å²) in [4.78, 5) is 18.7. The number of alkyl halides is 3. The minimum atomic E-state index is -4.72. The number of fused-ring (bicyclic) bond motifs is 1. The second-order valence-corrected chi connectivity index (χ2v) is 8.27. The lowest BCUT2D eigenvalue weighted by Gasteiger charge is -2.39. The van der Waals surface area contributed by atoms with Gasteiger partial charge >= 0.3 is 12.1 Å². The molecule has 32 heavy (non-hydrogen) atoms. The summed E-state index contributed by atoms with van der Waals surface area (Å²) in [6.45, 7) is 3.78. The topological polar surface area (TPSA) is 86.9 Å². The van der Waals surface area contributed by atoms with Crippen molar-refractivity contribution in [3.63, 3.8) is 0 Å². The highest BCUT2D eigenvalue weighted by Gasteiger charge is 2.42. The molecule has 1 atom stereocenters. The number of hydrogen-bond acceptors (Lipinski definition) is 7. The first-order chi connectivity index (χ1) is 15.2. The number of nitrogens with zero attached hydrogens (tertiary/aromatic N) is 3. The van der Waals surface area contributed by atoms with E-state index in [-0.39, 0.29) is 24.4 Å². The molecule has 1 aromatic carbocycles. The van der Waals surface area contributed by atoms with Crippen molar-refractivity contribution >= 4 is 5.91 Å². The number of methoxy groups -OCH3 is 1. The molecular weight excluding hydrogens is 431 g/mol. The van der Waals surface area contributed by atoms with Crippen LogP contribution in [0.1, 0.15) is 31.2 Å². The molecule has 174 valence electrons. The number of carbonyl (C=O) groups excluding carboxylic acids is 1. The standard InChI is InChI=1S/C21H24F3N3O5/c1-20(5-7-30-8-6-20)19(28)27-10-14-4-3-13(9-16(14)31-12-15(27)11-29-2)17-25-18(32-26-17)21(22,23)24/h3-4,9,15H,5-8,10-12H2,1-2H3/t15-/m0/s1. The minimum Gasteiger partial charge on any atom is -0.491 e. The lowest BCUT2D eigenvalue weighted by molar-refractivity contribution is -0.159. The molecule has 0 bridgehead atoms. The summed E-state index contributed by atoms with van der Waals surface area (Å²) in [6.07, 6.45) is -3.45. The maximum absolute atomic E-state index is 13.5. The van der Waals surface area contributed by atoms with Crippen molar-refractivity contribution in [2.75, 3.05) is 33.5 Å². The van der Waals surface area contributed by atoms with Crippen LogP contribution in [0.4, 0.5) is 13.2 Å². The van der Waals surface area contributed by atoms with Crippen molar-refractivity contribution in [2.45, 2.75) is 38.5 Å². The Morgan fingerprint density at radius 3 is 2.72 bits per heavy atom. The third kappa shape index (κ3) is 4.44. The van der Waals surface area contributed by atoms with E-state index in [1.807, 2.05) is 6.92 Å². The highest BCUT2D eigenvalue weighted by molar-refractivity contribution is 5.83. The van der Waals surface area contributed by atoms with Gasteiger partial charge < -0.3 is 23.6 Å². The van der Waals surface area contributed by atoms with Crippen LogP contribution in [0.5, 0.6) is 5.75 Å². The van der Waals surface area contributed by atoms with Crippen molar-refractivity contribution < 1.29 is 36.7 Å². The average molecular weight is 455 g/mol. The van der Waals surface area contributed by atoms with Crippen LogP contribution >= 0.6 is 0 Å². The lowest BCUT2D eigenvalue weighted by atomic mass is 9.80. The largest absolute Gasteiger partial charge is 0.491 e. The van der Waals surface area contributed by atoms with Gasteiger partial charge in [-0.05, 0) is 18.9 Å². The molecule has 0 aliphatic carbocycles. The highest BCUT2D eigenvalue weighted by atomic mass is 19.4. The molecule has 0 spiro atoms. The number of ether oxygens (including phenoxy) is 3. The Bertz CT molecular complexity index is 972. The third-order valence-corrected chi connectivity index (χ3v) is 5.94. The van der Waals surface area contributed by atoms with E-state index in [9.17, 15) is 18.0 Å². The van der Waals surface area contributed by atoms with Crippen molar-refractivity contribution in [3.05, 3.63) is 29.7 Å². The molecule has 1 saturated heterocycles.